The van der Waals surface area contributed by atoms with Crippen LogP contribution in [-0.2, 0) is 19.1 Å². The van der Waals surface area contributed by atoms with Crippen LogP contribution in [-0.4, -0.2) is 54.9 Å². The lowest BCUT2D eigenvalue weighted by Gasteiger charge is -2.31. The molecule has 3 aromatic carbocycles. The van der Waals surface area contributed by atoms with Gasteiger partial charge in [0.2, 0.25) is 0 Å². The molecule has 2 unspecified atom stereocenters. The highest BCUT2D eigenvalue weighted by atomic mass is 16.6. The van der Waals surface area contributed by atoms with E-state index in [1.165, 1.54) is 18.2 Å². The predicted octanol–water partition coefficient (Wildman–Crippen LogP) is 7.71. The van der Waals surface area contributed by atoms with E-state index in [0.29, 0.717) is 29.8 Å². The van der Waals surface area contributed by atoms with Crippen LogP contribution in [0.15, 0.2) is 139 Å². The number of benzene rings is 3. The molecule has 3 heterocycles. The quantitative estimate of drug-likeness (QED) is 0.0494. The number of aliphatic imine (C=N–C) groups is 1. The van der Waals surface area contributed by atoms with Crippen molar-refractivity contribution in [1.29, 1.82) is 0 Å². The summed E-state index contributed by atoms with van der Waals surface area (Å²) in [7, 11) is 0. The van der Waals surface area contributed by atoms with E-state index in [2.05, 4.69) is 15.0 Å². The number of nitrogens with zero attached hydrogens (tertiary/aromatic N) is 6. The number of rotatable bonds is 14. The number of carbonyl (C=O) groups is 2. The van der Waals surface area contributed by atoms with Gasteiger partial charge in [-0.15, -0.1) is 0 Å². The summed E-state index contributed by atoms with van der Waals surface area (Å²) in [6, 6.07) is 21.8. The summed E-state index contributed by atoms with van der Waals surface area (Å²) >= 11 is 0. The third-order valence-corrected chi connectivity index (χ3v) is 8.80. The first-order chi connectivity index (χ1) is 25.8. The van der Waals surface area contributed by atoms with Crippen molar-refractivity contribution in [3.05, 3.63) is 160 Å². The average molecular weight is 711 g/mol. The van der Waals surface area contributed by atoms with E-state index in [0.717, 1.165) is 22.5 Å². The fourth-order valence-corrected chi connectivity index (χ4v) is 6.19. The Morgan fingerprint density at radius 1 is 0.811 bits per heavy atom. The van der Waals surface area contributed by atoms with Crippen molar-refractivity contribution in [2.45, 2.75) is 32.6 Å². The summed E-state index contributed by atoms with van der Waals surface area (Å²) in [4.78, 5) is 51.4. The Kier molecular flexibility index (Phi) is 11.6. The number of esters is 2. The molecule has 2 atom stereocenters. The van der Waals surface area contributed by atoms with Gasteiger partial charge in [-0.05, 0) is 67.6 Å². The molecule has 268 valence electrons. The molecule has 6 rings (SSSR count). The van der Waals surface area contributed by atoms with E-state index in [1.54, 1.807) is 45.0 Å². The minimum absolute atomic E-state index is 0.0807. The molecular weight excluding hydrogens is 672 g/mol. The number of nitro groups is 1. The van der Waals surface area contributed by atoms with Crippen molar-refractivity contribution in [3.8, 4) is 11.4 Å². The molecule has 0 saturated carbocycles. The Morgan fingerprint density at radius 2 is 1.38 bits per heavy atom. The standard InChI is InChI=1S/C41H38N6O6/c1-29-37(40(48)52-24-5-3-8-31-12-16-34(17-13-31)45-22-20-42-27-45)39(33-10-7-11-36(26-33)47(50)51)38(30(2)44-29)41(49)53-25-6-4-9-32-14-18-35(19-15-32)46-23-21-43-28-46/h3-4,7-23,26-28,37,39H,5-6,24-25H2,1-2H3. The molecule has 2 aromatic heterocycles. The van der Waals surface area contributed by atoms with E-state index >= 15 is 0 Å². The first-order valence-corrected chi connectivity index (χ1v) is 17.1. The lowest BCUT2D eigenvalue weighted by Crippen LogP contribution is -2.36. The summed E-state index contributed by atoms with van der Waals surface area (Å²) in [5.41, 5.74) is 5.19. The van der Waals surface area contributed by atoms with Gasteiger partial charge in [-0.25, -0.2) is 14.8 Å². The molecule has 0 fully saturated rings. The van der Waals surface area contributed by atoms with Gasteiger partial charge in [-0.1, -0.05) is 60.7 Å². The molecule has 1 aliphatic rings. The zero-order valence-corrected chi connectivity index (χ0v) is 29.3. The minimum atomic E-state index is -0.992. The van der Waals surface area contributed by atoms with Crippen LogP contribution >= 0.6 is 0 Å². The number of non-ortho nitro benzene ring substituents is 1. The number of ether oxygens (including phenoxy) is 2. The molecule has 0 N–H and O–H groups in total. The molecule has 0 spiro atoms. The van der Waals surface area contributed by atoms with Crippen LogP contribution < -0.4 is 0 Å². The number of hydrogen-bond donors (Lipinski definition) is 0. The van der Waals surface area contributed by atoms with Gasteiger partial charge in [-0.3, -0.25) is 19.9 Å². The normalized spacial score (nSPS) is 15.8. The van der Waals surface area contributed by atoms with E-state index in [1.807, 2.05) is 94.4 Å². The molecule has 12 nitrogen and oxygen atoms in total. The number of imidazole rings is 2. The Labute approximate surface area is 306 Å². The number of hydrogen-bond acceptors (Lipinski definition) is 9. The van der Waals surface area contributed by atoms with Crippen molar-refractivity contribution in [3.63, 3.8) is 0 Å². The van der Waals surface area contributed by atoms with Gasteiger partial charge in [0.05, 0.1) is 36.4 Å². The molecule has 1 aliphatic heterocycles. The van der Waals surface area contributed by atoms with Crippen LogP contribution in [0.4, 0.5) is 5.69 Å². The molecule has 0 saturated heterocycles. The largest absolute Gasteiger partial charge is 0.465 e. The molecule has 53 heavy (non-hydrogen) atoms. The van der Waals surface area contributed by atoms with Gasteiger partial charge in [0, 0.05) is 65.6 Å². The van der Waals surface area contributed by atoms with Crippen molar-refractivity contribution < 1.29 is 24.0 Å². The van der Waals surface area contributed by atoms with Gasteiger partial charge in [-0.2, -0.15) is 0 Å². The van der Waals surface area contributed by atoms with Crippen LogP contribution in [0.2, 0.25) is 0 Å². The van der Waals surface area contributed by atoms with Crippen molar-refractivity contribution in [2.24, 2.45) is 10.9 Å². The Morgan fingerprint density at radius 3 is 1.91 bits per heavy atom. The number of carbonyl (C=O) groups excluding carboxylic acids is 2. The van der Waals surface area contributed by atoms with Crippen LogP contribution in [0.5, 0.6) is 0 Å². The first kappa shape index (κ1) is 36.1. The molecule has 0 radical (unpaired) electrons. The fourth-order valence-electron chi connectivity index (χ4n) is 6.19. The third-order valence-electron chi connectivity index (χ3n) is 8.80. The van der Waals surface area contributed by atoms with E-state index < -0.39 is 28.7 Å². The van der Waals surface area contributed by atoms with Crippen LogP contribution in [0, 0.1) is 16.0 Å². The second-order valence-electron chi connectivity index (χ2n) is 12.4. The maximum Gasteiger partial charge on any atom is 0.336 e. The molecule has 5 aromatic rings. The number of allylic oxidation sites excluding steroid dienone is 1. The predicted molar refractivity (Wildman–Crippen MR) is 201 cm³/mol. The number of nitro benzene ring substituents is 1. The van der Waals surface area contributed by atoms with E-state index in [-0.39, 0.29) is 24.5 Å². The van der Waals surface area contributed by atoms with Gasteiger partial charge in [0.1, 0.15) is 5.92 Å². The Balaban J connectivity index is 1.11. The second kappa shape index (κ2) is 17.0. The molecular formula is C41H38N6O6. The zero-order chi connectivity index (χ0) is 37.2. The van der Waals surface area contributed by atoms with Crippen LogP contribution in [0.1, 0.15) is 49.3 Å². The van der Waals surface area contributed by atoms with E-state index in [4.69, 9.17) is 9.47 Å². The third kappa shape index (κ3) is 8.98. The monoisotopic (exact) mass is 710 g/mol. The summed E-state index contributed by atoms with van der Waals surface area (Å²) in [5.74, 6) is -3.12. The highest BCUT2D eigenvalue weighted by Crippen LogP contribution is 2.41. The van der Waals surface area contributed by atoms with Crippen LogP contribution in [0.25, 0.3) is 23.5 Å². The van der Waals surface area contributed by atoms with Gasteiger partial charge in [0.15, 0.2) is 0 Å². The minimum Gasteiger partial charge on any atom is -0.465 e. The fraction of sp³-hybridized carbons (Fsp3) is 0.195. The smallest absolute Gasteiger partial charge is 0.336 e. The molecule has 0 amide bonds. The summed E-state index contributed by atoms with van der Waals surface area (Å²) < 4.78 is 15.3. The molecule has 12 heteroatoms. The Bertz CT molecular complexity index is 2170. The topological polar surface area (TPSA) is 144 Å². The lowest BCUT2D eigenvalue weighted by atomic mass is 9.75. The van der Waals surface area contributed by atoms with Crippen molar-refractivity contribution >= 4 is 35.5 Å². The maximum absolute atomic E-state index is 13.7. The summed E-state index contributed by atoms with van der Waals surface area (Å²) in [6.07, 6.45) is 19.2. The highest BCUT2D eigenvalue weighted by Gasteiger charge is 2.42. The summed E-state index contributed by atoms with van der Waals surface area (Å²) in [6.45, 7) is 3.54. The highest BCUT2D eigenvalue weighted by molar-refractivity contribution is 6.07. The first-order valence-electron chi connectivity index (χ1n) is 17.1. The Hall–Kier alpha value is -6.69. The molecule has 0 aliphatic carbocycles. The molecule has 0 bridgehead atoms. The zero-order valence-electron chi connectivity index (χ0n) is 29.3. The van der Waals surface area contributed by atoms with E-state index in [9.17, 15) is 19.7 Å². The van der Waals surface area contributed by atoms with Gasteiger partial charge in [0.25, 0.3) is 5.69 Å². The van der Waals surface area contributed by atoms with Gasteiger partial charge >= 0.3 is 11.9 Å². The number of aromatic nitrogens is 4. The lowest BCUT2D eigenvalue weighted by molar-refractivity contribution is -0.384. The summed E-state index contributed by atoms with van der Waals surface area (Å²) in [5, 5.41) is 11.7. The average Bonchev–Trinajstić information content (AvgIpc) is 3.91. The van der Waals surface area contributed by atoms with Crippen molar-refractivity contribution in [1.82, 2.24) is 19.1 Å². The maximum atomic E-state index is 13.7. The van der Waals surface area contributed by atoms with Gasteiger partial charge < -0.3 is 18.6 Å². The van der Waals surface area contributed by atoms with Crippen LogP contribution in [0.3, 0.4) is 0 Å². The van der Waals surface area contributed by atoms with Crippen molar-refractivity contribution in [2.75, 3.05) is 13.2 Å². The SMILES string of the molecule is CC1=NC(C)=C(C(=O)OCCC=Cc2ccc(-n3ccnc3)cc2)C(c2cccc([N+](=O)[O-])c2)C1C(=O)OCCC=Cc1ccc(-n2ccnc2)cc1. The second-order valence-corrected chi connectivity index (χ2v) is 12.4.